The van der Waals surface area contributed by atoms with Crippen LogP contribution in [-0.2, 0) is 0 Å². The molecule has 5 heteroatoms. The van der Waals surface area contributed by atoms with Crippen LogP contribution in [0.3, 0.4) is 0 Å². The van der Waals surface area contributed by atoms with E-state index < -0.39 is 0 Å². The van der Waals surface area contributed by atoms with Crippen LogP contribution in [0.4, 0.5) is 0 Å². The highest BCUT2D eigenvalue weighted by Gasteiger charge is 2.19. The first-order valence-corrected chi connectivity index (χ1v) is 3.42. The van der Waals surface area contributed by atoms with E-state index >= 15 is 0 Å². The summed E-state index contributed by atoms with van der Waals surface area (Å²) in [6.07, 6.45) is 1.60. The summed E-state index contributed by atoms with van der Waals surface area (Å²) in [4.78, 5) is 3.80. The Kier molecular flexibility index (Phi) is 1.33. The smallest absolute Gasteiger partial charge is 0.252 e. The average Bonchev–Trinajstić information content (AvgIpc) is 2.32. The van der Waals surface area contributed by atoms with Crippen LogP contribution in [0.15, 0.2) is 6.33 Å². The number of nitriles is 1. The van der Waals surface area contributed by atoms with E-state index in [0.29, 0.717) is 6.04 Å². The molecule has 1 N–H and O–H groups in total. The quantitative estimate of drug-likeness (QED) is 0.573. The van der Waals surface area contributed by atoms with Gasteiger partial charge in [-0.1, -0.05) is 0 Å². The first-order chi connectivity index (χ1) is 5.40. The Morgan fingerprint density at radius 2 is 2.55 bits per heavy atom. The molecule has 0 radical (unpaired) electrons. The molecule has 0 aliphatic carbocycles. The van der Waals surface area contributed by atoms with Crippen molar-refractivity contribution < 1.29 is 0 Å². The van der Waals surface area contributed by atoms with Crippen molar-refractivity contribution in [1.82, 2.24) is 20.1 Å². The summed E-state index contributed by atoms with van der Waals surface area (Å²) < 4.78 is 1.73. The molecule has 1 aromatic rings. The number of hydrogen-bond donors (Lipinski definition) is 1. The largest absolute Gasteiger partial charge is 0.312 e. The number of nitrogens with one attached hydrogen (secondary N) is 1. The molecule has 0 spiro atoms. The second-order valence-corrected chi connectivity index (χ2v) is 2.47. The number of aromatic nitrogens is 3. The third kappa shape index (κ3) is 0.972. The van der Waals surface area contributed by atoms with Crippen molar-refractivity contribution in [2.75, 3.05) is 13.1 Å². The summed E-state index contributed by atoms with van der Waals surface area (Å²) in [5.74, 6) is 0.247. The zero-order chi connectivity index (χ0) is 7.68. The normalized spacial score (nSPS) is 17.4. The van der Waals surface area contributed by atoms with Gasteiger partial charge in [-0.05, 0) is 0 Å². The minimum Gasteiger partial charge on any atom is -0.312 e. The lowest BCUT2D eigenvalue weighted by molar-refractivity contribution is 0.317. The van der Waals surface area contributed by atoms with Crippen LogP contribution in [0.1, 0.15) is 11.9 Å². The van der Waals surface area contributed by atoms with Crippen LogP contribution in [-0.4, -0.2) is 27.9 Å². The monoisotopic (exact) mass is 149 g/mol. The summed E-state index contributed by atoms with van der Waals surface area (Å²) in [5.41, 5.74) is 0. The molecule has 0 atom stereocenters. The van der Waals surface area contributed by atoms with Crippen LogP contribution in [0.2, 0.25) is 0 Å². The van der Waals surface area contributed by atoms with Crippen molar-refractivity contribution in [1.29, 1.82) is 5.26 Å². The molecule has 1 aliphatic rings. The van der Waals surface area contributed by atoms with Crippen LogP contribution in [0.5, 0.6) is 0 Å². The maximum Gasteiger partial charge on any atom is 0.252 e. The van der Waals surface area contributed by atoms with Crippen LogP contribution in [0.25, 0.3) is 0 Å². The van der Waals surface area contributed by atoms with E-state index in [0.717, 1.165) is 13.1 Å². The molecule has 0 aromatic carbocycles. The molecule has 1 saturated heterocycles. The van der Waals surface area contributed by atoms with E-state index in [-0.39, 0.29) is 5.82 Å². The minimum atomic E-state index is 0.247. The third-order valence-electron chi connectivity index (χ3n) is 1.74. The van der Waals surface area contributed by atoms with Gasteiger partial charge < -0.3 is 5.32 Å². The molecule has 2 heterocycles. The third-order valence-corrected chi connectivity index (χ3v) is 1.74. The van der Waals surface area contributed by atoms with Crippen LogP contribution in [0, 0.1) is 11.3 Å². The van der Waals surface area contributed by atoms with Crippen LogP contribution >= 0.6 is 0 Å². The fourth-order valence-corrected chi connectivity index (χ4v) is 0.963. The molecule has 1 fully saturated rings. The maximum atomic E-state index is 8.42. The molecule has 0 amide bonds. The summed E-state index contributed by atoms with van der Waals surface area (Å²) in [6, 6.07) is 2.28. The Morgan fingerprint density at radius 3 is 3.00 bits per heavy atom. The Morgan fingerprint density at radius 1 is 1.73 bits per heavy atom. The lowest BCUT2D eigenvalue weighted by Gasteiger charge is -2.26. The maximum absolute atomic E-state index is 8.42. The van der Waals surface area contributed by atoms with Gasteiger partial charge in [-0.2, -0.15) is 5.26 Å². The lowest BCUT2D eigenvalue weighted by Crippen LogP contribution is -2.43. The number of nitrogens with zero attached hydrogens (tertiary/aromatic N) is 4. The van der Waals surface area contributed by atoms with Gasteiger partial charge in [-0.25, -0.2) is 9.67 Å². The molecule has 5 nitrogen and oxygen atoms in total. The predicted molar refractivity (Wildman–Crippen MR) is 36.6 cm³/mol. The first kappa shape index (κ1) is 6.31. The van der Waals surface area contributed by atoms with Gasteiger partial charge in [0.15, 0.2) is 0 Å². The molecular formula is C6H7N5. The Hall–Kier alpha value is -1.41. The molecule has 56 valence electrons. The highest BCUT2D eigenvalue weighted by atomic mass is 15.4. The topological polar surface area (TPSA) is 66.5 Å². The molecule has 0 saturated carbocycles. The van der Waals surface area contributed by atoms with Gasteiger partial charge in [0.2, 0.25) is 0 Å². The van der Waals surface area contributed by atoms with Gasteiger partial charge in [0.1, 0.15) is 12.4 Å². The van der Waals surface area contributed by atoms with Gasteiger partial charge in [0.25, 0.3) is 5.82 Å². The van der Waals surface area contributed by atoms with Gasteiger partial charge in [0.05, 0.1) is 6.04 Å². The summed E-state index contributed by atoms with van der Waals surface area (Å²) in [7, 11) is 0. The van der Waals surface area contributed by atoms with Gasteiger partial charge in [-0.3, -0.25) is 0 Å². The molecule has 0 unspecified atom stereocenters. The Balaban J connectivity index is 2.19. The Labute approximate surface area is 63.7 Å². The van der Waals surface area contributed by atoms with Crippen molar-refractivity contribution in [3.8, 4) is 6.07 Å². The Bertz CT molecular complexity index is 292. The number of hydrogen-bond acceptors (Lipinski definition) is 4. The van der Waals surface area contributed by atoms with Gasteiger partial charge in [-0.15, -0.1) is 5.10 Å². The van der Waals surface area contributed by atoms with E-state index in [4.69, 9.17) is 5.26 Å². The van der Waals surface area contributed by atoms with E-state index in [2.05, 4.69) is 15.4 Å². The predicted octanol–water partition coefficient (Wildman–Crippen LogP) is -0.706. The van der Waals surface area contributed by atoms with Crippen molar-refractivity contribution in [3.05, 3.63) is 12.2 Å². The fraction of sp³-hybridized carbons (Fsp3) is 0.500. The van der Waals surface area contributed by atoms with Crippen molar-refractivity contribution >= 4 is 0 Å². The van der Waals surface area contributed by atoms with E-state index in [1.54, 1.807) is 11.0 Å². The van der Waals surface area contributed by atoms with Gasteiger partial charge >= 0.3 is 0 Å². The average molecular weight is 149 g/mol. The fourth-order valence-electron chi connectivity index (χ4n) is 0.963. The molecule has 1 aliphatic heterocycles. The highest BCUT2D eigenvalue weighted by Crippen LogP contribution is 2.08. The summed E-state index contributed by atoms with van der Waals surface area (Å²) in [6.45, 7) is 1.85. The molecule has 2 rings (SSSR count). The second kappa shape index (κ2) is 2.32. The molecule has 1 aromatic heterocycles. The van der Waals surface area contributed by atoms with Gasteiger partial charge in [0, 0.05) is 13.1 Å². The van der Waals surface area contributed by atoms with E-state index in [9.17, 15) is 0 Å². The highest BCUT2D eigenvalue weighted by molar-refractivity contribution is 5.06. The summed E-state index contributed by atoms with van der Waals surface area (Å²) >= 11 is 0. The van der Waals surface area contributed by atoms with E-state index in [1.165, 1.54) is 0 Å². The summed E-state index contributed by atoms with van der Waals surface area (Å²) in [5, 5.41) is 15.5. The standard InChI is InChI=1S/C6H7N5/c7-1-6-9-4-11(10-6)5-2-8-3-5/h4-5,8H,2-3H2. The lowest BCUT2D eigenvalue weighted by atomic mass is 10.2. The molecular weight excluding hydrogens is 142 g/mol. The first-order valence-electron chi connectivity index (χ1n) is 3.42. The number of rotatable bonds is 1. The van der Waals surface area contributed by atoms with Crippen molar-refractivity contribution in [2.24, 2.45) is 0 Å². The van der Waals surface area contributed by atoms with Crippen LogP contribution < -0.4 is 5.32 Å². The second-order valence-electron chi connectivity index (χ2n) is 2.47. The molecule has 11 heavy (non-hydrogen) atoms. The SMILES string of the molecule is N#Cc1ncn(C2CNC2)n1. The zero-order valence-corrected chi connectivity index (χ0v) is 5.86. The van der Waals surface area contributed by atoms with Crippen molar-refractivity contribution in [3.63, 3.8) is 0 Å². The molecule has 0 bridgehead atoms. The minimum absolute atomic E-state index is 0.247. The van der Waals surface area contributed by atoms with E-state index in [1.807, 2.05) is 6.07 Å². The van der Waals surface area contributed by atoms with Crippen molar-refractivity contribution in [2.45, 2.75) is 6.04 Å². The zero-order valence-electron chi connectivity index (χ0n) is 5.86.